The zero-order valence-corrected chi connectivity index (χ0v) is 11.4. The van der Waals surface area contributed by atoms with E-state index in [2.05, 4.69) is 48.9 Å². The Hall–Kier alpha value is -1.35. The van der Waals surface area contributed by atoms with Crippen molar-refractivity contribution in [2.24, 2.45) is 0 Å². The summed E-state index contributed by atoms with van der Waals surface area (Å²) < 4.78 is 2.40. The van der Waals surface area contributed by atoms with E-state index >= 15 is 0 Å². The second-order valence-corrected chi connectivity index (χ2v) is 5.62. The first-order valence-corrected chi connectivity index (χ1v) is 6.86. The van der Waals surface area contributed by atoms with Crippen LogP contribution in [0.1, 0.15) is 44.1 Å². The molecule has 1 saturated carbocycles. The molecule has 1 aromatic carbocycles. The molecule has 3 rings (SSSR count). The average Bonchev–Trinajstić information content (AvgIpc) is 3.09. The van der Waals surface area contributed by atoms with E-state index in [0.29, 0.717) is 12.1 Å². The van der Waals surface area contributed by atoms with Crippen molar-refractivity contribution in [1.82, 2.24) is 14.9 Å². The van der Waals surface area contributed by atoms with E-state index in [1.165, 1.54) is 23.9 Å². The zero-order valence-electron chi connectivity index (χ0n) is 11.4. The van der Waals surface area contributed by atoms with Gasteiger partial charge in [-0.25, -0.2) is 4.98 Å². The van der Waals surface area contributed by atoms with Gasteiger partial charge in [-0.05, 0) is 37.5 Å². The number of rotatable bonds is 4. The van der Waals surface area contributed by atoms with Gasteiger partial charge in [0.05, 0.1) is 11.0 Å². The largest absolute Gasteiger partial charge is 0.325 e. The zero-order chi connectivity index (χ0) is 12.7. The predicted octanol–water partition coefficient (Wildman–Crippen LogP) is 3.18. The fourth-order valence-electron chi connectivity index (χ4n) is 2.49. The number of imidazole rings is 1. The minimum absolute atomic E-state index is 0.520. The number of hydrogen-bond donors (Lipinski definition) is 1. The first-order valence-electron chi connectivity index (χ1n) is 6.86. The first kappa shape index (κ1) is 11.7. The summed E-state index contributed by atoms with van der Waals surface area (Å²) in [6.45, 7) is 7.38. The molecule has 0 amide bonds. The molecule has 0 unspecified atom stereocenters. The number of aryl methyl sites for hydroxylation is 1. The third kappa shape index (κ3) is 2.15. The van der Waals surface area contributed by atoms with Crippen LogP contribution < -0.4 is 5.32 Å². The molecule has 18 heavy (non-hydrogen) atoms. The second-order valence-electron chi connectivity index (χ2n) is 5.62. The topological polar surface area (TPSA) is 29.9 Å². The molecule has 2 aromatic rings. The van der Waals surface area contributed by atoms with Gasteiger partial charge in [-0.3, -0.25) is 0 Å². The highest BCUT2D eigenvalue weighted by molar-refractivity contribution is 5.77. The number of hydrogen-bond acceptors (Lipinski definition) is 2. The second kappa shape index (κ2) is 4.39. The van der Waals surface area contributed by atoms with E-state index in [9.17, 15) is 0 Å². The molecule has 0 spiro atoms. The Kier molecular flexibility index (Phi) is 2.86. The van der Waals surface area contributed by atoms with Crippen LogP contribution >= 0.6 is 0 Å². The number of nitrogens with zero attached hydrogens (tertiary/aromatic N) is 2. The van der Waals surface area contributed by atoms with E-state index < -0.39 is 0 Å². The van der Waals surface area contributed by atoms with E-state index in [1.807, 2.05) is 0 Å². The van der Waals surface area contributed by atoms with Gasteiger partial charge >= 0.3 is 0 Å². The number of aromatic nitrogens is 2. The van der Waals surface area contributed by atoms with Gasteiger partial charge in [0.25, 0.3) is 0 Å². The van der Waals surface area contributed by atoms with Gasteiger partial charge in [0.2, 0.25) is 0 Å². The molecule has 0 aliphatic heterocycles. The van der Waals surface area contributed by atoms with Gasteiger partial charge in [-0.2, -0.15) is 0 Å². The van der Waals surface area contributed by atoms with Gasteiger partial charge < -0.3 is 9.88 Å². The minimum atomic E-state index is 0.520. The van der Waals surface area contributed by atoms with Crippen LogP contribution in [0.3, 0.4) is 0 Å². The standard InChI is InChI=1S/C15H21N3/c1-10(2)16-9-12-4-7-15-14(8-12)17-11(3)18(15)13-5-6-13/h4,7-8,10,13,16H,5-6,9H2,1-3H3. The van der Waals surface area contributed by atoms with Crippen LogP contribution in [0.4, 0.5) is 0 Å². The van der Waals surface area contributed by atoms with Gasteiger partial charge in [0.15, 0.2) is 0 Å². The molecular formula is C15H21N3. The van der Waals surface area contributed by atoms with E-state index in [-0.39, 0.29) is 0 Å². The summed E-state index contributed by atoms with van der Waals surface area (Å²) in [6.07, 6.45) is 2.62. The van der Waals surface area contributed by atoms with Crippen LogP contribution in [-0.4, -0.2) is 15.6 Å². The average molecular weight is 243 g/mol. The summed E-state index contributed by atoms with van der Waals surface area (Å²) in [5, 5.41) is 3.45. The van der Waals surface area contributed by atoms with E-state index in [4.69, 9.17) is 4.98 Å². The lowest BCUT2D eigenvalue weighted by atomic mass is 10.2. The summed E-state index contributed by atoms with van der Waals surface area (Å²) in [5.74, 6) is 1.15. The summed E-state index contributed by atoms with van der Waals surface area (Å²) in [6, 6.07) is 7.89. The highest BCUT2D eigenvalue weighted by atomic mass is 15.1. The number of nitrogens with one attached hydrogen (secondary N) is 1. The molecule has 3 heteroatoms. The molecule has 0 bridgehead atoms. The van der Waals surface area contributed by atoms with Gasteiger partial charge in [0.1, 0.15) is 5.82 Å². The Morgan fingerprint density at radius 2 is 2.17 bits per heavy atom. The Morgan fingerprint density at radius 1 is 1.39 bits per heavy atom. The number of fused-ring (bicyclic) bond motifs is 1. The van der Waals surface area contributed by atoms with Crippen molar-refractivity contribution < 1.29 is 0 Å². The molecule has 3 nitrogen and oxygen atoms in total. The van der Waals surface area contributed by atoms with Crippen LogP contribution in [0.15, 0.2) is 18.2 Å². The molecule has 0 saturated heterocycles. The van der Waals surface area contributed by atoms with E-state index in [0.717, 1.165) is 17.9 Å². The van der Waals surface area contributed by atoms with Crippen molar-refractivity contribution >= 4 is 11.0 Å². The molecule has 1 heterocycles. The molecule has 1 fully saturated rings. The molecular weight excluding hydrogens is 222 g/mol. The van der Waals surface area contributed by atoms with Crippen molar-refractivity contribution in [2.45, 2.75) is 52.2 Å². The van der Waals surface area contributed by atoms with Crippen molar-refractivity contribution in [3.05, 3.63) is 29.6 Å². The van der Waals surface area contributed by atoms with Crippen LogP contribution in [0.5, 0.6) is 0 Å². The normalized spacial score (nSPS) is 15.8. The summed E-state index contributed by atoms with van der Waals surface area (Å²) in [4.78, 5) is 4.70. The van der Waals surface area contributed by atoms with Crippen molar-refractivity contribution in [3.8, 4) is 0 Å². The fraction of sp³-hybridized carbons (Fsp3) is 0.533. The monoisotopic (exact) mass is 243 g/mol. The van der Waals surface area contributed by atoms with E-state index in [1.54, 1.807) is 0 Å². The van der Waals surface area contributed by atoms with Crippen LogP contribution in [-0.2, 0) is 6.54 Å². The van der Waals surface area contributed by atoms with Crippen LogP contribution in [0.25, 0.3) is 11.0 Å². The maximum atomic E-state index is 4.70. The molecule has 1 N–H and O–H groups in total. The lowest BCUT2D eigenvalue weighted by Gasteiger charge is -2.08. The smallest absolute Gasteiger partial charge is 0.106 e. The molecule has 1 aliphatic rings. The summed E-state index contributed by atoms with van der Waals surface area (Å²) in [5.41, 5.74) is 3.75. The van der Waals surface area contributed by atoms with Gasteiger partial charge in [-0.15, -0.1) is 0 Å². The minimum Gasteiger partial charge on any atom is -0.325 e. The Labute approximate surface area is 108 Å². The molecule has 96 valence electrons. The molecule has 1 aliphatic carbocycles. The highest BCUT2D eigenvalue weighted by Gasteiger charge is 2.26. The Morgan fingerprint density at radius 3 is 2.83 bits per heavy atom. The van der Waals surface area contributed by atoms with Gasteiger partial charge in [-0.1, -0.05) is 19.9 Å². The summed E-state index contributed by atoms with van der Waals surface area (Å²) in [7, 11) is 0. The first-order chi connectivity index (χ1) is 8.65. The lowest BCUT2D eigenvalue weighted by Crippen LogP contribution is -2.21. The lowest BCUT2D eigenvalue weighted by molar-refractivity contribution is 0.589. The van der Waals surface area contributed by atoms with Gasteiger partial charge in [0, 0.05) is 18.6 Å². The quantitative estimate of drug-likeness (QED) is 0.893. The van der Waals surface area contributed by atoms with Crippen LogP contribution in [0, 0.1) is 6.92 Å². The molecule has 0 atom stereocenters. The fourth-order valence-corrected chi connectivity index (χ4v) is 2.49. The SMILES string of the molecule is Cc1nc2cc(CNC(C)C)ccc2n1C1CC1. The Balaban J connectivity index is 1.93. The maximum Gasteiger partial charge on any atom is 0.106 e. The molecule has 1 aromatic heterocycles. The third-order valence-corrected chi connectivity index (χ3v) is 3.56. The third-order valence-electron chi connectivity index (χ3n) is 3.56. The highest BCUT2D eigenvalue weighted by Crippen LogP contribution is 2.38. The predicted molar refractivity (Wildman–Crippen MR) is 74.7 cm³/mol. The van der Waals surface area contributed by atoms with Crippen molar-refractivity contribution in [3.63, 3.8) is 0 Å². The van der Waals surface area contributed by atoms with Crippen molar-refractivity contribution in [2.75, 3.05) is 0 Å². The Bertz CT molecular complexity index is 564. The maximum absolute atomic E-state index is 4.70. The van der Waals surface area contributed by atoms with Crippen molar-refractivity contribution in [1.29, 1.82) is 0 Å². The summed E-state index contributed by atoms with van der Waals surface area (Å²) >= 11 is 0. The molecule has 0 radical (unpaired) electrons. The number of benzene rings is 1. The van der Waals surface area contributed by atoms with Crippen LogP contribution in [0.2, 0.25) is 0 Å².